The fourth-order valence-electron chi connectivity index (χ4n) is 2.64. The molecule has 0 heterocycles. The van der Waals surface area contributed by atoms with Crippen LogP contribution in [0.15, 0.2) is 36.4 Å². The minimum Gasteiger partial charge on any atom is -0.494 e. The fourth-order valence-corrected chi connectivity index (χ4v) is 2.64. The minimum absolute atomic E-state index is 0.0363. The first-order chi connectivity index (χ1) is 15.1. The highest BCUT2D eigenvalue weighted by atomic mass is 16.5. The summed E-state index contributed by atoms with van der Waals surface area (Å²) in [6.45, 7) is 4.21. The maximum absolute atomic E-state index is 8.83. The third-order valence-corrected chi connectivity index (χ3v) is 3.99. The molecular weight excluding hydrogens is 402 g/mol. The van der Waals surface area contributed by atoms with E-state index in [1.807, 2.05) is 37.3 Å². The van der Waals surface area contributed by atoms with Crippen molar-refractivity contribution in [3.63, 3.8) is 0 Å². The lowest BCUT2D eigenvalue weighted by atomic mass is 10.2. The van der Waals surface area contributed by atoms with E-state index >= 15 is 0 Å². The molecule has 0 aromatic heterocycles. The van der Waals surface area contributed by atoms with Crippen LogP contribution in [-0.2, 0) is 0 Å². The monoisotopic (exact) mass is 437 g/mol. The molecule has 0 atom stereocenters. The van der Waals surface area contributed by atoms with Crippen molar-refractivity contribution in [3.8, 4) is 17.2 Å². The Balaban J connectivity index is 0.000000327. The summed E-state index contributed by atoms with van der Waals surface area (Å²) in [5.41, 5.74) is 2.44. The standard InChI is InChI=1S/C12H20N2O4.C10H15NO2/c1-17-11-8-12(18-2)10(14-4-6-16)7-9(11)13-3-5-15;1-2-13-10-6-4-3-5-9(10)11-7-8-12/h7-8,13-16H,3-6H2,1-2H3;3-6,11-12H,2,7-8H2,1H3. The third-order valence-electron chi connectivity index (χ3n) is 3.99. The molecule has 0 aliphatic rings. The van der Waals surface area contributed by atoms with Crippen LogP contribution in [0.2, 0.25) is 0 Å². The lowest BCUT2D eigenvalue weighted by Crippen LogP contribution is -2.10. The van der Waals surface area contributed by atoms with Gasteiger partial charge >= 0.3 is 0 Å². The maximum atomic E-state index is 8.83. The van der Waals surface area contributed by atoms with Crippen LogP contribution in [0.3, 0.4) is 0 Å². The third kappa shape index (κ3) is 9.20. The zero-order valence-electron chi connectivity index (χ0n) is 18.5. The summed E-state index contributed by atoms with van der Waals surface area (Å²) in [4.78, 5) is 0. The van der Waals surface area contributed by atoms with Crippen LogP contribution >= 0.6 is 0 Å². The van der Waals surface area contributed by atoms with Crippen LogP contribution < -0.4 is 30.2 Å². The Morgan fingerprint density at radius 3 is 1.61 bits per heavy atom. The number of ether oxygens (including phenoxy) is 3. The Morgan fingerprint density at radius 2 is 1.16 bits per heavy atom. The second kappa shape index (κ2) is 15.9. The van der Waals surface area contributed by atoms with Gasteiger partial charge < -0.3 is 45.5 Å². The van der Waals surface area contributed by atoms with Gasteiger partial charge in [0.2, 0.25) is 0 Å². The second-order valence-electron chi connectivity index (χ2n) is 6.13. The molecule has 9 heteroatoms. The largest absolute Gasteiger partial charge is 0.494 e. The summed E-state index contributed by atoms with van der Waals surface area (Å²) in [5.74, 6) is 2.10. The summed E-state index contributed by atoms with van der Waals surface area (Å²) < 4.78 is 15.9. The Labute approximate surface area is 184 Å². The number of benzene rings is 2. The number of hydrogen-bond donors (Lipinski definition) is 6. The van der Waals surface area contributed by atoms with E-state index in [1.54, 1.807) is 20.3 Å². The molecule has 2 aromatic rings. The predicted molar refractivity (Wildman–Crippen MR) is 124 cm³/mol. The first-order valence-electron chi connectivity index (χ1n) is 10.2. The van der Waals surface area contributed by atoms with Crippen molar-refractivity contribution < 1.29 is 29.5 Å². The van der Waals surface area contributed by atoms with Crippen LogP contribution in [0, 0.1) is 0 Å². The number of nitrogens with one attached hydrogen (secondary N) is 3. The highest BCUT2D eigenvalue weighted by Gasteiger charge is 2.10. The molecule has 0 bridgehead atoms. The zero-order chi connectivity index (χ0) is 22.9. The molecule has 2 aromatic carbocycles. The van der Waals surface area contributed by atoms with Gasteiger partial charge in [0.25, 0.3) is 0 Å². The van der Waals surface area contributed by atoms with Crippen LogP contribution in [0.4, 0.5) is 17.1 Å². The van der Waals surface area contributed by atoms with Gasteiger partial charge in [0.15, 0.2) is 0 Å². The average molecular weight is 438 g/mol. The van der Waals surface area contributed by atoms with Gasteiger partial charge in [0.1, 0.15) is 17.2 Å². The van der Waals surface area contributed by atoms with E-state index in [1.165, 1.54) is 0 Å². The van der Waals surface area contributed by atoms with Crippen molar-refractivity contribution in [3.05, 3.63) is 36.4 Å². The Bertz CT molecular complexity index is 714. The van der Waals surface area contributed by atoms with E-state index in [0.717, 1.165) is 22.8 Å². The van der Waals surface area contributed by atoms with Crippen molar-refractivity contribution in [2.45, 2.75) is 6.92 Å². The molecule has 0 aliphatic carbocycles. The van der Waals surface area contributed by atoms with Crippen LogP contribution in [0.1, 0.15) is 6.92 Å². The van der Waals surface area contributed by atoms with Gasteiger partial charge in [-0.3, -0.25) is 0 Å². The van der Waals surface area contributed by atoms with Gasteiger partial charge in [-0.05, 0) is 25.1 Å². The maximum Gasteiger partial charge on any atom is 0.145 e. The molecule has 0 saturated heterocycles. The SMILES string of the molecule is CCOc1ccccc1NCCO.COc1cc(OC)c(NCCO)cc1NCCO. The van der Waals surface area contributed by atoms with Crippen LogP contribution in [0.25, 0.3) is 0 Å². The molecular formula is C22H35N3O6. The van der Waals surface area contributed by atoms with Crippen molar-refractivity contribution in [1.82, 2.24) is 0 Å². The van der Waals surface area contributed by atoms with Gasteiger partial charge in [-0.2, -0.15) is 0 Å². The van der Waals surface area contributed by atoms with Gasteiger partial charge in [-0.15, -0.1) is 0 Å². The van der Waals surface area contributed by atoms with Gasteiger partial charge in [0, 0.05) is 25.7 Å². The Kier molecular flexibility index (Phi) is 13.4. The number of aliphatic hydroxyl groups is 3. The van der Waals surface area contributed by atoms with Gasteiger partial charge in [-0.25, -0.2) is 0 Å². The number of methoxy groups -OCH3 is 2. The minimum atomic E-state index is 0.0363. The fraction of sp³-hybridized carbons (Fsp3) is 0.455. The van der Waals surface area contributed by atoms with E-state index in [-0.39, 0.29) is 19.8 Å². The highest BCUT2D eigenvalue weighted by molar-refractivity contribution is 5.71. The molecule has 9 nitrogen and oxygen atoms in total. The molecule has 31 heavy (non-hydrogen) atoms. The molecule has 0 unspecified atom stereocenters. The second-order valence-corrected chi connectivity index (χ2v) is 6.13. The molecule has 174 valence electrons. The van der Waals surface area contributed by atoms with E-state index in [2.05, 4.69) is 16.0 Å². The molecule has 0 spiro atoms. The predicted octanol–water partition coefficient (Wildman–Crippen LogP) is 2.00. The Hall–Kier alpha value is -2.88. The quantitative estimate of drug-likeness (QED) is 0.279. The highest BCUT2D eigenvalue weighted by Crippen LogP contribution is 2.36. The molecule has 0 amide bonds. The molecule has 2 rings (SSSR count). The summed E-state index contributed by atoms with van der Waals surface area (Å²) in [5, 5.41) is 35.5. The van der Waals surface area contributed by atoms with E-state index in [0.29, 0.717) is 37.7 Å². The first kappa shape index (κ1) is 26.2. The van der Waals surface area contributed by atoms with E-state index in [9.17, 15) is 0 Å². The van der Waals surface area contributed by atoms with Gasteiger partial charge in [0.05, 0.1) is 57.7 Å². The van der Waals surface area contributed by atoms with Crippen molar-refractivity contribution in [1.29, 1.82) is 0 Å². The molecule has 0 radical (unpaired) electrons. The molecule has 6 N–H and O–H groups in total. The smallest absolute Gasteiger partial charge is 0.145 e. The van der Waals surface area contributed by atoms with Crippen molar-refractivity contribution in [2.75, 3.05) is 76.2 Å². The number of anilines is 3. The zero-order valence-corrected chi connectivity index (χ0v) is 18.5. The van der Waals surface area contributed by atoms with Crippen molar-refractivity contribution >= 4 is 17.1 Å². The first-order valence-corrected chi connectivity index (χ1v) is 10.2. The van der Waals surface area contributed by atoms with Crippen LogP contribution in [-0.4, -0.2) is 75.6 Å². The lowest BCUT2D eigenvalue weighted by molar-refractivity contribution is 0.310. The van der Waals surface area contributed by atoms with Crippen molar-refractivity contribution in [2.24, 2.45) is 0 Å². The topological polar surface area (TPSA) is 124 Å². The average Bonchev–Trinajstić information content (AvgIpc) is 2.81. The molecule has 0 aliphatic heterocycles. The lowest BCUT2D eigenvalue weighted by Gasteiger charge is -2.16. The number of aliphatic hydroxyl groups excluding tert-OH is 3. The van der Waals surface area contributed by atoms with E-state index in [4.69, 9.17) is 29.5 Å². The van der Waals surface area contributed by atoms with Crippen LogP contribution in [0.5, 0.6) is 17.2 Å². The number of rotatable bonds is 13. The Morgan fingerprint density at radius 1 is 0.677 bits per heavy atom. The summed E-state index contributed by atoms with van der Waals surface area (Å²) >= 11 is 0. The van der Waals surface area contributed by atoms with E-state index < -0.39 is 0 Å². The summed E-state index contributed by atoms with van der Waals surface area (Å²) in [6.07, 6.45) is 0. The normalized spacial score (nSPS) is 9.87. The number of para-hydroxylation sites is 2. The summed E-state index contributed by atoms with van der Waals surface area (Å²) in [6, 6.07) is 11.3. The summed E-state index contributed by atoms with van der Waals surface area (Å²) in [7, 11) is 3.14. The molecule has 0 fully saturated rings. The number of hydrogen-bond acceptors (Lipinski definition) is 9. The molecule has 0 saturated carbocycles. The van der Waals surface area contributed by atoms with Gasteiger partial charge in [-0.1, -0.05) is 12.1 Å².